The Morgan fingerprint density at radius 1 is 1.00 bits per heavy atom. The zero-order valence-electron chi connectivity index (χ0n) is 29.0. The Balaban J connectivity index is 0.902. The number of ether oxygens (including phenoxy) is 2. The Morgan fingerprint density at radius 2 is 1.79 bits per heavy atom. The molecule has 13 heteroatoms. The molecule has 4 heterocycles. The summed E-state index contributed by atoms with van der Waals surface area (Å²) in [7, 11) is 0. The molecular weight excluding hydrogens is 700 g/mol. The Labute approximate surface area is 310 Å². The van der Waals surface area contributed by atoms with Gasteiger partial charge in [0.2, 0.25) is 11.8 Å². The van der Waals surface area contributed by atoms with Crippen LogP contribution in [0.3, 0.4) is 0 Å². The summed E-state index contributed by atoms with van der Waals surface area (Å²) in [6.07, 6.45) is 1.87. The van der Waals surface area contributed by atoms with Crippen molar-refractivity contribution in [3.8, 4) is 16.5 Å². The van der Waals surface area contributed by atoms with Crippen molar-refractivity contribution in [3.63, 3.8) is 0 Å². The SMILES string of the molecule is Cc1sc2c(c1C)C(c1ccc(Cl)cc1)=N[C@@H](CC(=O)NCCOCCCc1ccc(Oc3cccc4c3C(=O)NC(=O)C4)cc1)c1nnc(C)n1-2. The Kier molecular flexibility index (Phi) is 10.3. The third kappa shape index (κ3) is 7.41. The molecule has 52 heavy (non-hydrogen) atoms. The topological polar surface area (TPSA) is 137 Å². The number of hydrogen-bond donors (Lipinski definition) is 2. The highest BCUT2D eigenvalue weighted by Crippen LogP contribution is 2.39. The first-order chi connectivity index (χ1) is 25.2. The highest BCUT2D eigenvalue weighted by molar-refractivity contribution is 7.15. The molecule has 1 atom stereocenters. The minimum Gasteiger partial charge on any atom is -0.457 e. The van der Waals surface area contributed by atoms with Gasteiger partial charge in [-0.05, 0) is 80.6 Å². The summed E-state index contributed by atoms with van der Waals surface area (Å²) in [6.45, 7) is 7.41. The number of thiophene rings is 1. The molecular formula is C39H37ClN6O5S. The van der Waals surface area contributed by atoms with Crippen LogP contribution in [0.5, 0.6) is 11.5 Å². The van der Waals surface area contributed by atoms with Crippen molar-refractivity contribution in [1.29, 1.82) is 0 Å². The van der Waals surface area contributed by atoms with Gasteiger partial charge >= 0.3 is 0 Å². The van der Waals surface area contributed by atoms with E-state index in [9.17, 15) is 14.4 Å². The summed E-state index contributed by atoms with van der Waals surface area (Å²) in [5.41, 5.74) is 6.06. The standard InChI is InChI=1S/C39H37ClN6O5S/c1-22-23(2)52-39-34(22)36(26-11-13-28(40)14-12-26)42-30(37-45-44-24(3)46(37)39)21-32(47)41-17-19-50-18-5-6-25-9-15-29(16-10-25)51-31-8-4-7-27-20-33(48)43-38(49)35(27)31/h4,7-16,30H,5-6,17-21H2,1-3H3,(H,41,47)(H,43,48,49)/t30-/m0/s1. The van der Waals surface area contributed by atoms with Crippen molar-refractivity contribution in [1.82, 2.24) is 25.4 Å². The van der Waals surface area contributed by atoms with E-state index in [1.165, 1.54) is 4.88 Å². The maximum Gasteiger partial charge on any atom is 0.261 e. The lowest BCUT2D eigenvalue weighted by Crippen LogP contribution is -2.37. The van der Waals surface area contributed by atoms with Crippen LogP contribution in [0, 0.1) is 20.8 Å². The quantitative estimate of drug-likeness (QED) is 0.109. The van der Waals surface area contributed by atoms with Crippen LogP contribution in [0.2, 0.25) is 5.02 Å². The monoisotopic (exact) mass is 736 g/mol. The van der Waals surface area contributed by atoms with Gasteiger partial charge in [-0.1, -0.05) is 48.0 Å². The summed E-state index contributed by atoms with van der Waals surface area (Å²) >= 11 is 7.89. The summed E-state index contributed by atoms with van der Waals surface area (Å²) in [5.74, 6) is 1.49. The number of hydrogen-bond acceptors (Lipinski definition) is 9. The highest BCUT2D eigenvalue weighted by atomic mass is 35.5. The number of amides is 3. The number of nitrogens with one attached hydrogen (secondary N) is 2. The normalized spacial score (nSPS) is 14.8. The first kappa shape index (κ1) is 35.2. The number of aromatic nitrogens is 3. The van der Waals surface area contributed by atoms with Gasteiger partial charge in [-0.3, -0.25) is 29.3 Å². The number of carbonyl (C=O) groups is 3. The van der Waals surface area contributed by atoms with E-state index in [0.29, 0.717) is 53.2 Å². The van der Waals surface area contributed by atoms with Crippen molar-refractivity contribution in [2.45, 2.75) is 52.5 Å². The molecule has 7 rings (SSSR count). The van der Waals surface area contributed by atoms with Crippen molar-refractivity contribution >= 4 is 46.4 Å². The van der Waals surface area contributed by atoms with E-state index in [2.05, 4.69) is 34.7 Å². The second-order valence-corrected chi connectivity index (χ2v) is 14.4. The van der Waals surface area contributed by atoms with Gasteiger partial charge < -0.3 is 14.8 Å². The molecule has 266 valence electrons. The highest BCUT2D eigenvalue weighted by Gasteiger charge is 2.32. The number of halogens is 1. The number of benzene rings is 3. The lowest BCUT2D eigenvalue weighted by molar-refractivity contribution is -0.122. The number of fused-ring (bicyclic) bond motifs is 4. The van der Waals surface area contributed by atoms with E-state index >= 15 is 0 Å². The number of rotatable bonds is 12. The van der Waals surface area contributed by atoms with Crippen molar-refractivity contribution < 1.29 is 23.9 Å². The van der Waals surface area contributed by atoms with E-state index in [1.807, 2.05) is 60.0 Å². The molecule has 2 aliphatic rings. The minimum absolute atomic E-state index is 0.113. The van der Waals surface area contributed by atoms with Crippen LogP contribution in [0.15, 0.2) is 71.7 Å². The van der Waals surface area contributed by atoms with E-state index in [1.54, 1.807) is 29.5 Å². The summed E-state index contributed by atoms with van der Waals surface area (Å²) in [4.78, 5) is 43.7. The number of aryl methyl sites for hydroxylation is 3. The Morgan fingerprint density at radius 3 is 2.58 bits per heavy atom. The first-order valence-corrected chi connectivity index (χ1v) is 18.3. The average Bonchev–Trinajstić information content (AvgIpc) is 3.60. The lowest BCUT2D eigenvalue weighted by atomic mass is 9.99. The zero-order valence-corrected chi connectivity index (χ0v) is 30.6. The number of nitrogens with zero attached hydrogens (tertiary/aromatic N) is 4. The number of carbonyl (C=O) groups excluding carboxylic acids is 3. The van der Waals surface area contributed by atoms with Crippen LogP contribution in [0.1, 0.15) is 73.6 Å². The molecule has 0 spiro atoms. The predicted molar refractivity (Wildman–Crippen MR) is 199 cm³/mol. The maximum atomic E-state index is 13.2. The third-order valence-electron chi connectivity index (χ3n) is 9.15. The summed E-state index contributed by atoms with van der Waals surface area (Å²) < 4.78 is 13.9. The molecule has 2 aromatic heterocycles. The fourth-order valence-corrected chi connectivity index (χ4v) is 7.79. The van der Waals surface area contributed by atoms with Crippen LogP contribution >= 0.6 is 22.9 Å². The zero-order chi connectivity index (χ0) is 36.4. The van der Waals surface area contributed by atoms with Gasteiger partial charge in [0.15, 0.2) is 5.82 Å². The van der Waals surface area contributed by atoms with Gasteiger partial charge in [0, 0.05) is 34.2 Å². The number of imide groups is 1. The van der Waals surface area contributed by atoms with Crippen LogP contribution in [-0.2, 0) is 27.2 Å². The van der Waals surface area contributed by atoms with E-state index in [4.69, 9.17) is 26.1 Å². The van der Waals surface area contributed by atoms with Gasteiger partial charge in [0.05, 0.1) is 30.7 Å². The second kappa shape index (κ2) is 15.2. The fourth-order valence-electron chi connectivity index (χ4n) is 6.45. The van der Waals surface area contributed by atoms with E-state index < -0.39 is 11.9 Å². The van der Waals surface area contributed by atoms with Crippen molar-refractivity contribution in [2.75, 3.05) is 19.8 Å². The molecule has 0 saturated carbocycles. The van der Waals surface area contributed by atoms with Gasteiger partial charge in [-0.2, -0.15) is 0 Å². The van der Waals surface area contributed by atoms with Crippen LogP contribution in [0.25, 0.3) is 5.00 Å². The van der Waals surface area contributed by atoms with Crippen LogP contribution < -0.4 is 15.4 Å². The molecule has 3 aromatic carbocycles. The third-order valence-corrected chi connectivity index (χ3v) is 10.6. The molecule has 2 N–H and O–H groups in total. The Bertz CT molecular complexity index is 2190. The van der Waals surface area contributed by atoms with Crippen LogP contribution in [0.4, 0.5) is 0 Å². The molecule has 0 radical (unpaired) electrons. The second-order valence-electron chi connectivity index (χ2n) is 12.8. The minimum atomic E-state index is -0.535. The first-order valence-electron chi connectivity index (χ1n) is 17.1. The largest absolute Gasteiger partial charge is 0.457 e. The number of aliphatic imine (C=N–C) groups is 1. The van der Waals surface area contributed by atoms with Gasteiger partial charge in [0.1, 0.15) is 28.4 Å². The molecule has 11 nitrogen and oxygen atoms in total. The molecule has 2 aliphatic heterocycles. The van der Waals surface area contributed by atoms with Crippen molar-refractivity contribution in [2.24, 2.45) is 4.99 Å². The van der Waals surface area contributed by atoms with Crippen LogP contribution in [-0.4, -0.2) is 58.0 Å². The Hall–Kier alpha value is -5.17. The predicted octanol–water partition coefficient (Wildman–Crippen LogP) is 6.56. The molecule has 0 aliphatic carbocycles. The fraction of sp³-hybridized carbons (Fsp3) is 0.282. The smallest absolute Gasteiger partial charge is 0.261 e. The molecule has 0 bridgehead atoms. The summed E-state index contributed by atoms with van der Waals surface area (Å²) in [6, 6.07) is 20.0. The average molecular weight is 737 g/mol. The molecule has 3 amide bonds. The molecule has 0 fully saturated rings. The maximum absolute atomic E-state index is 13.2. The van der Waals surface area contributed by atoms with Crippen molar-refractivity contribution in [3.05, 3.63) is 122 Å². The van der Waals surface area contributed by atoms with Gasteiger partial charge in [-0.15, -0.1) is 21.5 Å². The van der Waals surface area contributed by atoms with Gasteiger partial charge in [-0.25, -0.2) is 0 Å². The van der Waals surface area contributed by atoms with E-state index in [0.717, 1.165) is 51.6 Å². The summed E-state index contributed by atoms with van der Waals surface area (Å²) in [5, 5.41) is 15.8. The molecule has 0 unspecified atom stereocenters. The lowest BCUT2D eigenvalue weighted by Gasteiger charge is -2.18. The molecule has 5 aromatic rings. The van der Waals surface area contributed by atoms with E-state index in [-0.39, 0.29) is 24.7 Å². The molecule has 0 saturated heterocycles. The van der Waals surface area contributed by atoms with Gasteiger partial charge in [0.25, 0.3) is 5.91 Å².